The van der Waals surface area contributed by atoms with Gasteiger partial charge in [-0.3, -0.25) is 4.79 Å². The molecule has 1 unspecified atom stereocenters. The summed E-state index contributed by atoms with van der Waals surface area (Å²) in [5.41, 5.74) is 0. The number of rotatable bonds is 6. The lowest BCUT2D eigenvalue weighted by Crippen LogP contribution is -2.33. The molecule has 0 aliphatic carbocycles. The molecule has 1 amide bonds. The van der Waals surface area contributed by atoms with Crippen LogP contribution >= 0.6 is 0 Å². The van der Waals surface area contributed by atoms with Gasteiger partial charge in [0.05, 0.1) is 0 Å². The summed E-state index contributed by atoms with van der Waals surface area (Å²) < 4.78 is 5.04. The fourth-order valence-electron chi connectivity index (χ4n) is 0.664. The van der Waals surface area contributed by atoms with E-state index in [1.54, 1.807) is 6.08 Å². The Hall–Kier alpha value is -0.830. The minimum atomic E-state index is -0.0872. The maximum absolute atomic E-state index is 11.0. The Bertz CT molecular complexity index is 145. The van der Waals surface area contributed by atoms with Gasteiger partial charge in [0.25, 0.3) is 0 Å². The van der Waals surface area contributed by atoms with Crippen LogP contribution in [0, 0.1) is 0 Å². The third kappa shape index (κ3) is 5.92. The minimum absolute atomic E-state index is 0.0164. The van der Waals surface area contributed by atoms with Crippen LogP contribution in [-0.4, -0.2) is 25.2 Å². The summed E-state index contributed by atoms with van der Waals surface area (Å²) in [6, 6.07) is 0.0164. The normalized spacial score (nSPS) is 12.2. The zero-order valence-corrected chi connectivity index (χ0v) is 7.80. The second-order valence-electron chi connectivity index (χ2n) is 2.64. The molecular weight excluding hydrogens is 154 g/mol. The molecule has 0 spiro atoms. The second-order valence-corrected chi connectivity index (χ2v) is 2.64. The van der Waals surface area contributed by atoms with Crippen molar-refractivity contribution in [2.24, 2.45) is 0 Å². The highest BCUT2D eigenvalue weighted by molar-refractivity contribution is 5.77. The third-order valence-corrected chi connectivity index (χ3v) is 1.32. The molecule has 70 valence electrons. The van der Waals surface area contributed by atoms with Crippen LogP contribution in [0.2, 0.25) is 0 Å². The number of carbonyl (C=O) groups is 1. The van der Waals surface area contributed by atoms with Crippen LogP contribution in [0.4, 0.5) is 0 Å². The lowest BCUT2D eigenvalue weighted by molar-refractivity contribution is -0.126. The van der Waals surface area contributed by atoms with E-state index in [4.69, 9.17) is 4.74 Å². The van der Waals surface area contributed by atoms with Crippen molar-refractivity contribution < 1.29 is 9.53 Å². The summed E-state index contributed by atoms with van der Waals surface area (Å²) in [5, 5.41) is 2.71. The SMILES string of the molecule is C=CC(C)NC(=O)COCCC. The van der Waals surface area contributed by atoms with Crippen LogP contribution in [0.5, 0.6) is 0 Å². The second kappa shape index (κ2) is 6.85. The molecule has 0 heterocycles. The average molecular weight is 171 g/mol. The van der Waals surface area contributed by atoms with Gasteiger partial charge in [-0.2, -0.15) is 0 Å². The molecular formula is C9H17NO2. The van der Waals surface area contributed by atoms with Crippen molar-refractivity contribution in [3.05, 3.63) is 12.7 Å². The number of carbonyl (C=O) groups excluding carboxylic acids is 1. The molecule has 0 aliphatic heterocycles. The molecule has 0 saturated carbocycles. The molecule has 0 saturated heterocycles. The fraction of sp³-hybridized carbons (Fsp3) is 0.667. The van der Waals surface area contributed by atoms with Crippen molar-refractivity contribution >= 4 is 5.91 Å². The van der Waals surface area contributed by atoms with Crippen LogP contribution in [0.25, 0.3) is 0 Å². The van der Waals surface area contributed by atoms with Crippen molar-refractivity contribution in [1.82, 2.24) is 5.32 Å². The molecule has 12 heavy (non-hydrogen) atoms. The average Bonchev–Trinajstić information content (AvgIpc) is 2.05. The molecule has 0 rings (SSSR count). The van der Waals surface area contributed by atoms with Gasteiger partial charge in [-0.15, -0.1) is 6.58 Å². The first-order valence-corrected chi connectivity index (χ1v) is 4.20. The van der Waals surface area contributed by atoms with Crippen LogP contribution in [0.3, 0.4) is 0 Å². The van der Waals surface area contributed by atoms with Gasteiger partial charge in [-0.1, -0.05) is 13.0 Å². The van der Waals surface area contributed by atoms with E-state index in [1.807, 2.05) is 13.8 Å². The summed E-state index contributed by atoms with van der Waals surface area (Å²) in [7, 11) is 0. The summed E-state index contributed by atoms with van der Waals surface area (Å²) in [5.74, 6) is -0.0872. The van der Waals surface area contributed by atoms with E-state index in [0.29, 0.717) is 6.61 Å². The van der Waals surface area contributed by atoms with Gasteiger partial charge in [0, 0.05) is 12.6 Å². The minimum Gasteiger partial charge on any atom is -0.372 e. The van der Waals surface area contributed by atoms with Crippen LogP contribution in [0.1, 0.15) is 20.3 Å². The van der Waals surface area contributed by atoms with Gasteiger partial charge in [0.2, 0.25) is 5.91 Å². The summed E-state index contributed by atoms with van der Waals surface area (Å²) >= 11 is 0. The van der Waals surface area contributed by atoms with Gasteiger partial charge >= 0.3 is 0 Å². The molecule has 0 radical (unpaired) electrons. The Morgan fingerprint density at radius 3 is 2.92 bits per heavy atom. The highest BCUT2D eigenvalue weighted by atomic mass is 16.5. The van der Waals surface area contributed by atoms with E-state index in [0.717, 1.165) is 6.42 Å². The topological polar surface area (TPSA) is 38.3 Å². The molecule has 3 heteroatoms. The zero-order chi connectivity index (χ0) is 9.40. The highest BCUT2D eigenvalue weighted by Crippen LogP contribution is 1.84. The Balaban J connectivity index is 3.39. The van der Waals surface area contributed by atoms with Crippen molar-refractivity contribution in [1.29, 1.82) is 0 Å². The van der Waals surface area contributed by atoms with Crippen molar-refractivity contribution in [3.8, 4) is 0 Å². The van der Waals surface area contributed by atoms with Gasteiger partial charge in [0.15, 0.2) is 0 Å². The van der Waals surface area contributed by atoms with Crippen LogP contribution < -0.4 is 5.32 Å². The molecule has 0 aromatic carbocycles. The predicted molar refractivity (Wildman–Crippen MR) is 48.9 cm³/mol. The number of hydrogen-bond acceptors (Lipinski definition) is 2. The number of amides is 1. The van der Waals surface area contributed by atoms with E-state index in [9.17, 15) is 4.79 Å². The van der Waals surface area contributed by atoms with Crippen molar-refractivity contribution in [2.45, 2.75) is 26.3 Å². The molecule has 0 bridgehead atoms. The van der Waals surface area contributed by atoms with Gasteiger partial charge in [0.1, 0.15) is 6.61 Å². The predicted octanol–water partition coefficient (Wildman–Crippen LogP) is 1.10. The molecule has 0 aromatic heterocycles. The molecule has 0 aromatic rings. The van der Waals surface area contributed by atoms with Gasteiger partial charge in [-0.05, 0) is 13.3 Å². The lowest BCUT2D eigenvalue weighted by Gasteiger charge is -2.08. The molecule has 0 fully saturated rings. The number of ether oxygens (including phenoxy) is 1. The maximum Gasteiger partial charge on any atom is 0.246 e. The largest absolute Gasteiger partial charge is 0.372 e. The van der Waals surface area contributed by atoms with Crippen LogP contribution in [-0.2, 0) is 9.53 Å². The van der Waals surface area contributed by atoms with Crippen LogP contribution in [0.15, 0.2) is 12.7 Å². The highest BCUT2D eigenvalue weighted by Gasteiger charge is 2.02. The zero-order valence-electron chi connectivity index (χ0n) is 7.80. The first-order valence-electron chi connectivity index (χ1n) is 4.20. The molecule has 3 nitrogen and oxygen atoms in total. The van der Waals surface area contributed by atoms with E-state index >= 15 is 0 Å². The Kier molecular flexibility index (Phi) is 6.38. The first-order chi connectivity index (χ1) is 5.70. The Labute approximate surface area is 73.8 Å². The number of hydrogen-bond donors (Lipinski definition) is 1. The molecule has 1 N–H and O–H groups in total. The standard InChI is InChI=1S/C9H17NO2/c1-4-6-12-7-9(11)10-8(3)5-2/h5,8H,2,4,6-7H2,1,3H3,(H,10,11). The summed E-state index contributed by atoms with van der Waals surface area (Å²) in [4.78, 5) is 11.0. The Morgan fingerprint density at radius 2 is 2.42 bits per heavy atom. The van der Waals surface area contributed by atoms with Crippen molar-refractivity contribution in [2.75, 3.05) is 13.2 Å². The van der Waals surface area contributed by atoms with Gasteiger partial charge < -0.3 is 10.1 Å². The number of nitrogens with one attached hydrogen (secondary N) is 1. The smallest absolute Gasteiger partial charge is 0.246 e. The summed E-state index contributed by atoms with van der Waals surface area (Å²) in [6.07, 6.45) is 2.61. The maximum atomic E-state index is 11.0. The monoisotopic (exact) mass is 171 g/mol. The van der Waals surface area contributed by atoms with E-state index in [-0.39, 0.29) is 18.6 Å². The Morgan fingerprint density at radius 1 is 1.75 bits per heavy atom. The van der Waals surface area contributed by atoms with E-state index < -0.39 is 0 Å². The lowest BCUT2D eigenvalue weighted by atomic mass is 10.3. The molecule has 0 aliphatic rings. The molecule has 1 atom stereocenters. The van der Waals surface area contributed by atoms with E-state index in [2.05, 4.69) is 11.9 Å². The first kappa shape index (κ1) is 11.2. The fourth-order valence-corrected chi connectivity index (χ4v) is 0.664. The van der Waals surface area contributed by atoms with E-state index in [1.165, 1.54) is 0 Å². The van der Waals surface area contributed by atoms with Gasteiger partial charge in [-0.25, -0.2) is 0 Å². The third-order valence-electron chi connectivity index (χ3n) is 1.32. The summed E-state index contributed by atoms with van der Waals surface area (Å²) in [6.45, 7) is 8.20. The quantitative estimate of drug-likeness (QED) is 0.480. The van der Waals surface area contributed by atoms with Crippen molar-refractivity contribution in [3.63, 3.8) is 0 Å².